The van der Waals surface area contributed by atoms with E-state index in [1.54, 1.807) is 23.7 Å². The number of carbonyl (C=O) groups excluding carboxylic acids is 1. The van der Waals surface area contributed by atoms with Crippen molar-refractivity contribution in [1.82, 2.24) is 24.7 Å². The molecule has 0 spiro atoms. The average Bonchev–Trinajstić information content (AvgIpc) is 3.34. The maximum absolute atomic E-state index is 13.0. The number of imidazole rings is 1. The molecule has 0 radical (unpaired) electrons. The molecule has 136 valence electrons. The lowest BCUT2D eigenvalue weighted by molar-refractivity contribution is 0.0952. The van der Waals surface area contributed by atoms with Crippen molar-refractivity contribution >= 4 is 33.1 Å². The summed E-state index contributed by atoms with van der Waals surface area (Å²) in [4.78, 5) is 27.3. The summed E-state index contributed by atoms with van der Waals surface area (Å²) < 4.78 is 1.95. The molecule has 0 unspecified atom stereocenters. The van der Waals surface area contributed by atoms with Gasteiger partial charge >= 0.3 is 0 Å². The van der Waals surface area contributed by atoms with Gasteiger partial charge in [0.25, 0.3) is 5.91 Å². The number of nitrogens with zero attached hydrogens (tertiary/aromatic N) is 4. The van der Waals surface area contributed by atoms with E-state index >= 15 is 0 Å². The molecule has 0 aliphatic carbocycles. The Labute approximate surface area is 164 Å². The van der Waals surface area contributed by atoms with E-state index in [1.807, 2.05) is 64.6 Å². The molecule has 28 heavy (non-hydrogen) atoms. The smallest absolute Gasteiger partial charge is 0.252 e. The van der Waals surface area contributed by atoms with E-state index in [2.05, 4.69) is 15.3 Å². The van der Waals surface area contributed by atoms with Gasteiger partial charge in [0.1, 0.15) is 0 Å². The summed E-state index contributed by atoms with van der Waals surface area (Å²) >= 11 is 1.57. The van der Waals surface area contributed by atoms with E-state index in [9.17, 15) is 4.79 Å². The summed E-state index contributed by atoms with van der Waals surface area (Å²) in [5, 5.41) is 5.78. The van der Waals surface area contributed by atoms with Crippen molar-refractivity contribution in [3.05, 3.63) is 83.9 Å². The highest BCUT2D eigenvalue weighted by atomic mass is 32.1. The highest BCUT2D eigenvalue weighted by Crippen LogP contribution is 2.24. The van der Waals surface area contributed by atoms with Crippen LogP contribution < -0.4 is 5.32 Å². The lowest BCUT2D eigenvalue weighted by Crippen LogP contribution is -2.23. The van der Waals surface area contributed by atoms with Crippen LogP contribution in [-0.4, -0.2) is 25.3 Å². The molecule has 7 heteroatoms. The Morgan fingerprint density at radius 1 is 1.14 bits per heavy atom. The largest absolute Gasteiger partial charge is 0.346 e. The van der Waals surface area contributed by atoms with Crippen molar-refractivity contribution in [2.75, 3.05) is 0 Å². The number of hydrogen-bond acceptors (Lipinski definition) is 5. The number of hydrogen-bond donors (Lipinski definition) is 1. The third-order valence-corrected chi connectivity index (χ3v) is 5.26. The van der Waals surface area contributed by atoms with Crippen molar-refractivity contribution in [1.29, 1.82) is 0 Å². The van der Waals surface area contributed by atoms with Gasteiger partial charge in [-0.3, -0.25) is 14.2 Å². The first-order chi connectivity index (χ1) is 13.8. The van der Waals surface area contributed by atoms with Gasteiger partial charge in [0.15, 0.2) is 4.96 Å². The second kappa shape index (κ2) is 6.86. The molecule has 5 aromatic rings. The Hall–Kier alpha value is -3.58. The van der Waals surface area contributed by atoms with Gasteiger partial charge in [0, 0.05) is 41.1 Å². The molecule has 0 bridgehead atoms. The first-order valence-corrected chi connectivity index (χ1v) is 9.65. The molecule has 0 aliphatic rings. The van der Waals surface area contributed by atoms with Gasteiger partial charge in [-0.05, 0) is 24.3 Å². The molecule has 0 atom stereocenters. The molecule has 5 rings (SSSR count). The predicted octanol–water partition coefficient (Wildman–Crippen LogP) is 3.94. The number of thiazole rings is 1. The number of aromatic nitrogens is 4. The quantitative estimate of drug-likeness (QED) is 0.509. The molecule has 0 saturated carbocycles. The van der Waals surface area contributed by atoms with Crippen molar-refractivity contribution in [2.24, 2.45) is 0 Å². The number of fused-ring (bicyclic) bond motifs is 2. The Morgan fingerprint density at radius 3 is 2.93 bits per heavy atom. The lowest BCUT2D eigenvalue weighted by atomic mass is 10.0. The van der Waals surface area contributed by atoms with E-state index < -0.39 is 0 Å². The monoisotopic (exact) mass is 385 g/mol. The fourth-order valence-corrected chi connectivity index (χ4v) is 3.87. The molecule has 0 fully saturated rings. The molecule has 6 nitrogen and oxygen atoms in total. The minimum absolute atomic E-state index is 0.153. The SMILES string of the molecule is O=C(NCc1cn2ccsc2n1)c1cc(-c2cccnc2)nc2ccccc12. The number of benzene rings is 1. The van der Waals surface area contributed by atoms with E-state index in [-0.39, 0.29) is 5.91 Å². The number of nitrogens with one attached hydrogen (secondary N) is 1. The predicted molar refractivity (Wildman–Crippen MR) is 109 cm³/mol. The van der Waals surface area contributed by atoms with Crippen molar-refractivity contribution in [3.63, 3.8) is 0 Å². The minimum atomic E-state index is -0.153. The fourth-order valence-electron chi connectivity index (χ4n) is 3.15. The lowest BCUT2D eigenvalue weighted by Gasteiger charge is -2.10. The highest BCUT2D eigenvalue weighted by molar-refractivity contribution is 7.15. The zero-order valence-corrected chi connectivity index (χ0v) is 15.6. The minimum Gasteiger partial charge on any atom is -0.346 e. The molecular formula is C21H15N5OS. The van der Waals surface area contributed by atoms with Crippen LogP contribution in [-0.2, 0) is 6.54 Å². The number of carbonyl (C=O) groups is 1. The van der Waals surface area contributed by atoms with Crippen LogP contribution in [0, 0.1) is 0 Å². The zero-order chi connectivity index (χ0) is 18.9. The second-order valence-corrected chi connectivity index (χ2v) is 7.19. The Morgan fingerprint density at radius 2 is 2.07 bits per heavy atom. The van der Waals surface area contributed by atoms with E-state index in [1.165, 1.54) is 0 Å². The van der Waals surface area contributed by atoms with Crippen molar-refractivity contribution < 1.29 is 4.79 Å². The summed E-state index contributed by atoms with van der Waals surface area (Å²) in [6, 6.07) is 13.3. The summed E-state index contributed by atoms with van der Waals surface area (Å²) in [5.41, 5.74) is 3.78. The topological polar surface area (TPSA) is 72.2 Å². The summed E-state index contributed by atoms with van der Waals surface area (Å²) in [7, 11) is 0. The molecule has 4 aromatic heterocycles. The number of para-hydroxylation sites is 1. The van der Waals surface area contributed by atoms with Gasteiger partial charge < -0.3 is 5.32 Å². The van der Waals surface area contributed by atoms with Crippen molar-refractivity contribution in [3.8, 4) is 11.3 Å². The second-order valence-electron chi connectivity index (χ2n) is 6.32. The fraction of sp³-hybridized carbons (Fsp3) is 0.0476. The van der Waals surface area contributed by atoms with Crippen LogP contribution in [0.1, 0.15) is 16.1 Å². The molecule has 1 N–H and O–H groups in total. The van der Waals surface area contributed by atoms with E-state index in [0.717, 1.165) is 32.8 Å². The third-order valence-electron chi connectivity index (χ3n) is 4.49. The molecule has 4 heterocycles. The normalized spacial score (nSPS) is 11.1. The number of amides is 1. The number of pyridine rings is 2. The molecule has 1 aromatic carbocycles. The third kappa shape index (κ3) is 3.01. The van der Waals surface area contributed by atoms with E-state index in [0.29, 0.717) is 12.1 Å². The van der Waals surface area contributed by atoms with Crippen LogP contribution in [0.4, 0.5) is 0 Å². The Balaban J connectivity index is 1.49. The van der Waals surface area contributed by atoms with Gasteiger partial charge in [0.05, 0.1) is 29.0 Å². The molecular weight excluding hydrogens is 370 g/mol. The van der Waals surface area contributed by atoms with Gasteiger partial charge in [-0.25, -0.2) is 9.97 Å². The molecule has 0 saturated heterocycles. The average molecular weight is 385 g/mol. The first kappa shape index (κ1) is 16.6. The summed E-state index contributed by atoms with van der Waals surface area (Å²) in [6.07, 6.45) is 7.34. The van der Waals surface area contributed by atoms with Crippen LogP contribution in [0.2, 0.25) is 0 Å². The Kier molecular flexibility index (Phi) is 4.06. The van der Waals surface area contributed by atoms with Crippen molar-refractivity contribution in [2.45, 2.75) is 6.54 Å². The Bertz CT molecular complexity index is 1260. The van der Waals surface area contributed by atoms with Gasteiger partial charge in [-0.15, -0.1) is 11.3 Å². The maximum Gasteiger partial charge on any atom is 0.252 e. The van der Waals surface area contributed by atoms with Crippen LogP contribution in [0.15, 0.2) is 72.6 Å². The van der Waals surface area contributed by atoms with Crippen LogP contribution in [0.25, 0.3) is 27.1 Å². The van der Waals surface area contributed by atoms with Gasteiger partial charge in [0.2, 0.25) is 0 Å². The maximum atomic E-state index is 13.0. The van der Waals surface area contributed by atoms with Crippen LogP contribution in [0.3, 0.4) is 0 Å². The highest BCUT2D eigenvalue weighted by Gasteiger charge is 2.14. The van der Waals surface area contributed by atoms with E-state index in [4.69, 9.17) is 4.98 Å². The van der Waals surface area contributed by atoms with Crippen LogP contribution in [0.5, 0.6) is 0 Å². The van der Waals surface area contributed by atoms with Crippen LogP contribution >= 0.6 is 11.3 Å². The summed E-state index contributed by atoms with van der Waals surface area (Å²) in [6.45, 7) is 0.367. The first-order valence-electron chi connectivity index (χ1n) is 8.77. The number of rotatable bonds is 4. The zero-order valence-electron chi connectivity index (χ0n) is 14.7. The van der Waals surface area contributed by atoms with Gasteiger partial charge in [-0.2, -0.15) is 0 Å². The summed E-state index contributed by atoms with van der Waals surface area (Å²) in [5.74, 6) is -0.153. The standard InChI is InChI=1S/C21H15N5OS/c27-20(23-12-15-13-26-8-9-28-21(26)24-15)17-10-19(14-4-3-7-22-11-14)25-18-6-2-1-5-16(17)18/h1-11,13H,12H2,(H,23,27). The molecule has 0 aliphatic heterocycles. The van der Waals surface area contributed by atoms with Gasteiger partial charge in [-0.1, -0.05) is 18.2 Å². The molecule has 1 amide bonds.